The molecule has 0 aliphatic carbocycles. The van der Waals surface area contributed by atoms with Crippen molar-refractivity contribution in [1.82, 2.24) is 5.32 Å². The monoisotopic (exact) mass is 438 g/mol. The molecule has 0 unspecified atom stereocenters. The van der Waals surface area contributed by atoms with Gasteiger partial charge in [0, 0.05) is 34.4 Å². The van der Waals surface area contributed by atoms with Crippen LogP contribution < -0.4 is 10.6 Å². The van der Waals surface area contributed by atoms with Crippen LogP contribution in [0, 0.1) is 6.92 Å². The van der Waals surface area contributed by atoms with Crippen LogP contribution in [0.1, 0.15) is 16.7 Å². The van der Waals surface area contributed by atoms with Gasteiger partial charge in [0.25, 0.3) is 0 Å². The van der Waals surface area contributed by atoms with Crippen LogP contribution >= 0.6 is 35.7 Å². The van der Waals surface area contributed by atoms with Crippen molar-refractivity contribution in [3.05, 3.63) is 95.6 Å². The third kappa shape index (κ3) is 8.13. The van der Waals surface area contributed by atoms with E-state index in [1.807, 2.05) is 29.6 Å². The highest BCUT2D eigenvalue weighted by Gasteiger charge is 2.00. The number of hydrogen-bond donors (Lipinski definition) is 2. The van der Waals surface area contributed by atoms with Gasteiger partial charge in [0.05, 0.1) is 0 Å². The van der Waals surface area contributed by atoms with E-state index in [1.165, 1.54) is 21.6 Å². The van der Waals surface area contributed by atoms with Gasteiger partial charge in [-0.05, 0) is 54.5 Å². The van der Waals surface area contributed by atoms with Gasteiger partial charge in [-0.3, -0.25) is 0 Å². The Morgan fingerprint density at radius 1 is 0.828 bits per heavy atom. The second-order valence-electron chi connectivity index (χ2n) is 6.72. The summed E-state index contributed by atoms with van der Waals surface area (Å²) in [5.74, 6) is 3.02. The lowest BCUT2D eigenvalue weighted by Crippen LogP contribution is -2.30. The van der Waals surface area contributed by atoms with Crippen molar-refractivity contribution in [2.24, 2.45) is 0 Å². The van der Waals surface area contributed by atoms with E-state index in [0.717, 1.165) is 29.5 Å². The first-order chi connectivity index (χ1) is 14.2. The fourth-order valence-electron chi connectivity index (χ4n) is 2.65. The van der Waals surface area contributed by atoms with E-state index in [4.69, 9.17) is 12.2 Å². The van der Waals surface area contributed by atoms with E-state index in [-0.39, 0.29) is 0 Å². The molecule has 0 spiro atoms. The molecule has 0 fully saturated rings. The molecule has 0 radical (unpaired) electrons. The SMILES string of the molecule is Cc1ccc(CSCCNC(=S)Nc2ccc(CSc3ccccc3)cc2)cc1. The summed E-state index contributed by atoms with van der Waals surface area (Å²) >= 11 is 9.17. The van der Waals surface area contributed by atoms with Gasteiger partial charge in [-0.25, -0.2) is 0 Å². The largest absolute Gasteiger partial charge is 0.362 e. The van der Waals surface area contributed by atoms with Gasteiger partial charge in [0.15, 0.2) is 5.11 Å². The maximum atomic E-state index is 5.41. The number of hydrogen-bond acceptors (Lipinski definition) is 3. The molecule has 5 heteroatoms. The second-order valence-corrected chi connectivity index (χ2v) is 9.28. The molecule has 0 aliphatic heterocycles. The zero-order chi connectivity index (χ0) is 20.3. The van der Waals surface area contributed by atoms with Crippen LogP contribution in [0.15, 0.2) is 83.8 Å². The Morgan fingerprint density at radius 3 is 2.21 bits per heavy atom. The molecule has 0 saturated heterocycles. The van der Waals surface area contributed by atoms with Crippen LogP contribution in [-0.4, -0.2) is 17.4 Å². The minimum atomic E-state index is 0.673. The Morgan fingerprint density at radius 2 is 1.48 bits per heavy atom. The van der Waals surface area contributed by atoms with E-state index in [1.54, 1.807) is 0 Å². The molecule has 3 aromatic rings. The standard InChI is InChI=1S/C24H26N2S3/c1-19-7-9-20(10-8-19)17-28-16-15-25-24(27)26-22-13-11-21(12-14-22)18-29-23-5-3-2-4-6-23/h2-14H,15-18H2,1H3,(H2,25,26,27). The Bertz CT molecular complexity index is 878. The summed E-state index contributed by atoms with van der Waals surface area (Å²) < 4.78 is 0. The van der Waals surface area contributed by atoms with Crippen molar-refractivity contribution >= 4 is 46.5 Å². The van der Waals surface area contributed by atoms with Gasteiger partial charge in [0.2, 0.25) is 0 Å². The molecule has 2 nitrogen and oxygen atoms in total. The van der Waals surface area contributed by atoms with Crippen molar-refractivity contribution in [3.63, 3.8) is 0 Å². The topological polar surface area (TPSA) is 24.1 Å². The molecule has 0 amide bonds. The Balaban J connectivity index is 1.32. The average Bonchev–Trinajstić information content (AvgIpc) is 2.75. The van der Waals surface area contributed by atoms with E-state index < -0.39 is 0 Å². The maximum Gasteiger partial charge on any atom is 0.170 e. The molecule has 2 N–H and O–H groups in total. The number of nitrogens with one attached hydrogen (secondary N) is 2. The zero-order valence-electron chi connectivity index (χ0n) is 16.6. The summed E-state index contributed by atoms with van der Waals surface area (Å²) in [6.45, 7) is 2.97. The molecule has 0 aromatic heterocycles. The van der Waals surface area contributed by atoms with Gasteiger partial charge < -0.3 is 10.6 Å². The van der Waals surface area contributed by atoms with Crippen LogP contribution in [0.3, 0.4) is 0 Å². The molecule has 29 heavy (non-hydrogen) atoms. The molecule has 0 saturated carbocycles. The molecule has 0 aliphatic rings. The summed E-state index contributed by atoms with van der Waals surface area (Å²) in [7, 11) is 0. The molecule has 3 aromatic carbocycles. The highest BCUT2D eigenvalue weighted by molar-refractivity contribution is 7.98. The maximum absolute atomic E-state index is 5.41. The van der Waals surface area contributed by atoms with Crippen LogP contribution in [-0.2, 0) is 11.5 Å². The first-order valence-electron chi connectivity index (χ1n) is 9.64. The van der Waals surface area contributed by atoms with E-state index in [2.05, 4.69) is 90.4 Å². The summed E-state index contributed by atoms with van der Waals surface area (Å²) in [5.41, 5.74) is 4.99. The molecular formula is C24H26N2S3. The fraction of sp³-hybridized carbons (Fsp3) is 0.208. The first-order valence-corrected chi connectivity index (χ1v) is 12.2. The number of benzene rings is 3. The zero-order valence-corrected chi connectivity index (χ0v) is 19.0. The fourth-order valence-corrected chi connectivity index (χ4v) is 4.57. The van der Waals surface area contributed by atoms with Crippen molar-refractivity contribution < 1.29 is 0 Å². The van der Waals surface area contributed by atoms with Crippen LogP contribution in [0.4, 0.5) is 5.69 Å². The normalized spacial score (nSPS) is 10.5. The van der Waals surface area contributed by atoms with Gasteiger partial charge in [-0.2, -0.15) is 11.8 Å². The highest BCUT2D eigenvalue weighted by atomic mass is 32.2. The van der Waals surface area contributed by atoms with Crippen molar-refractivity contribution in [1.29, 1.82) is 0 Å². The summed E-state index contributed by atoms with van der Waals surface area (Å²) in [5, 5.41) is 7.22. The number of thiocarbonyl (C=S) groups is 1. The van der Waals surface area contributed by atoms with Gasteiger partial charge >= 0.3 is 0 Å². The van der Waals surface area contributed by atoms with Gasteiger partial charge in [-0.1, -0.05) is 60.2 Å². The molecule has 0 heterocycles. The first kappa shape index (κ1) is 21.8. The summed E-state index contributed by atoms with van der Waals surface area (Å²) in [6.07, 6.45) is 0. The smallest absolute Gasteiger partial charge is 0.170 e. The second kappa shape index (κ2) is 11.9. The average molecular weight is 439 g/mol. The minimum absolute atomic E-state index is 0.673. The Hall–Kier alpha value is -1.95. The summed E-state index contributed by atoms with van der Waals surface area (Å²) in [6, 6.07) is 27.7. The van der Waals surface area contributed by atoms with E-state index in [0.29, 0.717) is 5.11 Å². The van der Waals surface area contributed by atoms with Crippen molar-refractivity contribution in [2.45, 2.75) is 23.3 Å². The number of anilines is 1. The lowest BCUT2D eigenvalue weighted by Gasteiger charge is -2.11. The predicted octanol–water partition coefficient (Wildman–Crippen LogP) is 6.51. The third-order valence-corrected chi connectivity index (χ3v) is 6.64. The lowest BCUT2D eigenvalue weighted by atomic mass is 10.2. The predicted molar refractivity (Wildman–Crippen MR) is 134 cm³/mol. The van der Waals surface area contributed by atoms with E-state index in [9.17, 15) is 0 Å². The van der Waals surface area contributed by atoms with Gasteiger partial charge in [0.1, 0.15) is 0 Å². The molecule has 0 bridgehead atoms. The number of rotatable bonds is 9. The number of aryl methyl sites for hydroxylation is 1. The van der Waals surface area contributed by atoms with Crippen LogP contribution in [0.5, 0.6) is 0 Å². The van der Waals surface area contributed by atoms with Crippen LogP contribution in [0.25, 0.3) is 0 Å². The van der Waals surface area contributed by atoms with E-state index >= 15 is 0 Å². The summed E-state index contributed by atoms with van der Waals surface area (Å²) in [4.78, 5) is 1.29. The van der Waals surface area contributed by atoms with Crippen molar-refractivity contribution in [2.75, 3.05) is 17.6 Å². The molecule has 150 valence electrons. The quantitative estimate of drug-likeness (QED) is 0.225. The van der Waals surface area contributed by atoms with Crippen molar-refractivity contribution in [3.8, 4) is 0 Å². The number of thioether (sulfide) groups is 2. The molecule has 0 atom stereocenters. The Kier molecular flexibility index (Phi) is 8.93. The lowest BCUT2D eigenvalue weighted by molar-refractivity contribution is 0.990. The minimum Gasteiger partial charge on any atom is -0.362 e. The molecular weight excluding hydrogens is 412 g/mol. The molecule has 3 rings (SSSR count). The highest BCUT2D eigenvalue weighted by Crippen LogP contribution is 2.23. The van der Waals surface area contributed by atoms with Crippen LogP contribution in [0.2, 0.25) is 0 Å². The Labute approximate surface area is 187 Å². The van der Waals surface area contributed by atoms with Gasteiger partial charge in [-0.15, -0.1) is 11.8 Å². The third-order valence-electron chi connectivity index (χ3n) is 4.28.